The Morgan fingerprint density at radius 3 is 2.68 bits per heavy atom. The zero-order valence-electron chi connectivity index (χ0n) is 20.5. The summed E-state index contributed by atoms with van der Waals surface area (Å²) in [7, 11) is 3.96. The number of carbonyl (C=O) groups is 2. The monoisotopic (exact) mass is 506 g/mol. The molecule has 188 valence electrons. The number of carboxylic acid groups (broad SMARTS) is 1. The first kappa shape index (κ1) is 24.4. The van der Waals surface area contributed by atoms with E-state index in [4.69, 9.17) is 5.11 Å². The van der Waals surface area contributed by atoms with Crippen molar-refractivity contribution in [3.05, 3.63) is 102 Å². The Labute approximate surface area is 217 Å². The molecule has 0 bridgehead atoms. The number of hydrogen-bond acceptors (Lipinski definition) is 7. The van der Waals surface area contributed by atoms with E-state index in [-0.39, 0.29) is 22.9 Å². The van der Waals surface area contributed by atoms with E-state index >= 15 is 0 Å². The third-order valence-electron chi connectivity index (χ3n) is 5.51. The van der Waals surface area contributed by atoms with Crippen LogP contribution >= 0.6 is 0 Å². The fourth-order valence-electron chi connectivity index (χ4n) is 3.76. The number of nitrogens with one attached hydrogen (secondary N) is 1. The smallest absolute Gasteiger partial charge is 0.337 e. The van der Waals surface area contributed by atoms with Crippen molar-refractivity contribution >= 4 is 23.2 Å². The minimum atomic E-state index is -1.10. The molecule has 0 saturated heterocycles. The minimum Gasteiger partial charge on any atom is -0.478 e. The predicted octanol–water partition coefficient (Wildman–Crippen LogP) is 2.72. The summed E-state index contributed by atoms with van der Waals surface area (Å²) in [6.45, 7) is 0.682. The molecule has 0 saturated carbocycles. The van der Waals surface area contributed by atoms with E-state index < -0.39 is 5.97 Å². The van der Waals surface area contributed by atoms with Gasteiger partial charge in [0, 0.05) is 41.0 Å². The number of rotatable bonds is 6. The third-order valence-corrected chi connectivity index (χ3v) is 5.51. The molecule has 2 aromatic carbocycles. The van der Waals surface area contributed by atoms with E-state index in [2.05, 4.69) is 37.4 Å². The maximum absolute atomic E-state index is 13.0. The fourth-order valence-corrected chi connectivity index (χ4v) is 3.76. The van der Waals surface area contributed by atoms with Gasteiger partial charge in [-0.05, 0) is 56.4 Å². The number of carbonyl (C=O) groups excluding carboxylic acids is 1. The lowest BCUT2D eigenvalue weighted by atomic mass is 10.1. The number of fused-ring (bicyclic) bond motifs is 1. The van der Waals surface area contributed by atoms with Crippen LogP contribution in [0.5, 0.6) is 0 Å². The Balaban J connectivity index is 1.33. The van der Waals surface area contributed by atoms with Crippen molar-refractivity contribution in [2.45, 2.75) is 6.54 Å². The van der Waals surface area contributed by atoms with E-state index in [0.29, 0.717) is 23.4 Å². The molecule has 3 aromatic heterocycles. The Bertz CT molecular complexity index is 1730. The zero-order chi connectivity index (χ0) is 26.6. The Morgan fingerprint density at radius 1 is 1.03 bits per heavy atom. The van der Waals surface area contributed by atoms with E-state index in [1.807, 2.05) is 54.0 Å². The van der Waals surface area contributed by atoms with Crippen LogP contribution in [0, 0.1) is 11.8 Å². The molecular formula is C27H22N8O3. The third kappa shape index (κ3) is 5.25. The van der Waals surface area contributed by atoms with Gasteiger partial charge in [-0.25, -0.2) is 9.78 Å². The van der Waals surface area contributed by atoms with Crippen LogP contribution in [-0.4, -0.2) is 65.3 Å². The second kappa shape index (κ2) is 10.3. The molecule has 11 nitrogen and oxygen atoms in total. The molecule has 38 heavy (non-hydrogen) atoms. The van der Waals surface area contributed by atoms with E-state index in [1.165, 1.54) is 16.8 Å². The molecule has 2 N–H and O–H groups in total. The van der Waals surface area contributed by atoms with E-state index in [9.17, 15) is 9.59 Å². The molecule has 0 radical (unpaired) electrons. The molecule has 11 heteroatoms. The molecule has 0 aliphatic heterocycles. The summed E-state index contributed by atoms with van der Waals surface area (Å²) in [5.74, 6) is 5.59. The molecule has 0 spiro atoms. The molecule has 0 aliphatic carbocycles. The molecule has 3 heterocycles. The number of anilines is 1. The van der Waals surface area contributed by atoms with Crippen LogP contribution in [0.3, 0.4) is 0 Å². The zero-order valence-corrected chi connectivity index (χ0v) is 20.5. The predicted molar refractivity (Wildman–Crippen MR) is 139 cm³/mol. The number of nitrogens with zero attached hydrogens (tertiary/aromatic N) is 7. The van der Waals surface area contributed by atoms with Crippen molar-refractivity contribution in [1.29, 1.82) is 0 Å². The highest BCUT2D eigenvalue weighted by molar-refractivity contribution is 6.04. The lowest BCUT2D eigenvalue weighted by Gasteiger charge is -2.13. The van der Waals surface area contributed by atoms with Crippen molar-refractivity contribution in [2.24, 2.45) is 0 Å². The van der Waals surface area contributed by atoms with E-state index in [0.717, 1.165) is 11.5 Å². The lowest BCUT2D eigenvalue weighted by Crippen LogP contribution is -2.15. The van der Waals surface area contributed by atoms with E-state index in [1.54, 1.807) is 30.5 Å². The Hall–Kier alpha value is -5.34. The molecule has 0 fully saturated rings. The number of amides is 1. The largest absolute Gasteiger partial charge is 0.478 e. The summed E-state index contributed by atoms with van der Waals surface area (Å²) in [4.78, 5) is 30.6. The van der Waals surface area contributed by atoms with Gasteiger partial charge in [-0.2, -0.15) is 9.61 Å². The number of carboxylic acids is 1. The molecule has 5 rings (SSSR count). The van der Waals surface area contributed by atoms with Crippen molar-refractivity contribution < 1.29 is 14.7 Å². The first-order valence-electron chi connectivity index (χ1n) is 11.5. The Morgan fingerprint density at radius 2 is 1.87 bits per heavy atom. The van der Waals surface area contributed by atoms with Gasteiger partial charge < -0.3 is 19.9 Å². The van der Waals surface area contributed by atoms with Gasteiger partial charge in [0.25, 0.3) is 5.91 Å². The number of imidazole rings is 1. The first-order valence-corrected chi connectivity index (χ1v) is 11.5. The van der Waals surface area contributed by atoms with Gasteiger partial charge in [-0.1, -0.05) is 18.1 Å². The van der Waals surface area contributed by atoms with Gasteiger partial charge in [0.1, 0.15) is 5.82 Å². The van der Waals surface area contributed by atoms with Crippen LogP contribution in [0.1, 0.15) is 37.9 Å². The van der Waals surface area contributed by atoms with Gasteiger partial charge in [0.15, 0.2) is 5.65 Å². The Kier molecular flexibility index (Phi) is 6.63. The van der Waals surface area contributed by atoms with Crippen molar-refractivity contribution in [1.82, 2.24) is 34.3 Å². The van der Waals surface area contributed by atoms with Crippen LogP contribution in [0.2, 0.25) is 0 Å². The summed E-state index contributed by atoms with van der Waals surface area (Å²) >= 11 is 0. The molecule has 0 atom stereocenters. The quantitative estimate of drug-likeness (QED) is 0.336. The van der Waals surface area contributed by atoms with Gasteiger partial charge in [0.05, 0.1) is 18.3 Å². The maximum atomic E-state index is 13.0. The van der Waals surface area contributed by atoms with Crippen molar-refractivity contribution in [3.8, 4) is 17.5 Å². The average Bonchev–Trinajstić information content (AvgIpc) is 3.53. The van der Waals surface area contributed by atoms with Crippen molar-refractivity contribution in [2.75, 3.05) is 19.4 Å². The maximum Gasteiger partial charge on any atom is 0.337 e. The lowest BCUT2D eigenvalue weighted by molar-refractivity contribution is 0.0696. The highest BCUT2D eigenvalue weighted by atomic mass is 16.4. The highest BCUT2D eigenvalue weighted by Gasteiger charge is 2.11. The SMILES string of the molecule is CN(C)Cc1nccn1-c1cccc(NC(=O)c2cccc(C#Cc3nnc4cc(C(=O)O)cnn34)c2)c1. The summed E-state index contributed by atoms with van der Waals surface area (Å²) in [6.07, 6.45) is 4.85. The van der Waals surface area contributed by atoms with Gasteiger partial charge >= 0.3 is 5.97 Å². The number of aromatic carboxylic acids is 1. The molecule has 0 unspecified atom stereocenters. The van der Waals surface area contributed by atoms with Crippen LogP contribution in [0.4, 0.5) is 5.69 Å². The van der Waals surface area contributed by atoms with Crippen LogP contribution in [-0.2, 0) is 6.54 Å². The van der Waals surface area contributed by atoms with Crippen molar-refractivity contribution in [3.63, 3.8) is 0 Å². The summed E-state index contributed by atoms with van der Waals surface area (Å²) < 4.78 is 3.34. The number of benzene rings is 2. The summed E-state index contributed by atoms with van der Waals surface area (Å²) in [5.41, 5.74) is 2.85. The molecule has 0 aliphatic rings. The molecule has 5 aromatic rings. The van der Waals surface area contributed by atoms with Gasteiger partial charge in [0.2, 0.25) is 5.82 Å². The standard InChI is InChI=1S/C27H22N8O3/c1-33(2)17-25-28-11-12-34(25)22-8-4-7-21(15-22)30-26(36)19-6-3-5-18(13-19)9-10-23-31-32-24-14-20(27(37)38)16-29-35(23)24/h3-8,11-16H,17H2,1-2H3,(H,30,36)(H,37,38). The van der Waals surface area contributed by atoms with Crippen LogP contribution in [0.25, 0.3) is 11.3 Å². The molecular weight excluding hydrogens is 484 g/mol. The van der Waals surface area contributed by atoms with Gasteiger partial charge in [-0.3, -0.25) is 4.79 Å². The molecule has 1 amide bonds. The normalized spacial score (nSPS) is 10.8. The second-order valence-electron chi connectivity index (χ2n) is 8.63. The van der Waals surface area contributed by atoms with Gasteiger partial charge in [-0.15, -0.1) is 10.2 Å². The fraction of sp³-hybridized carbons (Fsp3) is 0.111. The number of hydrogen-bond donors (Lipinski definition) is 2. The first-order chi connectivity index (χ1) is 18.4. The topological polar surface area (TPSA) is 131 Å². The highest BCUT2D eigenvalue weighted by Crippen LogP contribution is 2.18. The minimum absolute atomic E-state index is 0.00712. The second-order valence-corrected chi connectivity index (χ2v) is 8.63. The summed E-state index contributed by atoms with van der Waals surface area (Å²) in [6, 6.07) is 15.8. The number of aromatic nitrogens is 6. The van der Waals surface area contributed by atoms with Crippen LogP contribution in [0.15, 0.2) is 73.2 Å². The average molecular weight is 507 g/mol. The van der Waals surface area contributed by atoms with Crippen LogP contribution < -0.4 is 5.32 Å². The summed E-state index contributed by atoms with van der Waals surface area (Å²) in [5, 5.41) is 24.0.